The van der Waals surface area contributed by atoms with Gasteiger partial charge in [0.05, 0.1) is 0 Å². The minimum absolute atomic E-state index is 0.407. The molecule has 9 heavy (non-hydrogen) atoms. The van der Waals surface area contributed by atoms with Crippen molar-refractivity contribution in [1.82, 2.24) is 0 Å². The van der Waals surface area contributed by atoms with Crippen LogP contribution >= 0.6 is 23.2 Å². The number of hydrogen-bond donors (Lipinski definition) is 0. The number of alkyl halides is 2. The largest absolute Gasteiger partial charge is 0.233 e. The molecule has 0 fully saturated rings. The second-order valence-corrected chi connectivity index (χ2v) is 3.74. The van der Waals surface area contributed by atoms with Crippen LogP contribution in [0, 0.1) is 0 Å². The van der Waals surface area contributed by atoms with Crippen molar-refractivity contribution in [2.24, 2.45) is 0 Å². The van der Waals surface area contributed by atoms with Gasteiger partial charge in [-0.05, 0) is 6.42 Å². The zero-order chi connectivity index (χ0) is 7.33. The lowest BCUT2D eigenvalue weighted by atomic mass is 10.2. The predicted octanol–water partition coefficient (Wildman–Crippen LogP) is 2.78. The smallest absolute Gasteiger partial charge is 0.144 e. The van der Waals surface area contributed by atoms with Crippen LogP contribution in [0.2, 0.25) is 0 Å². The van der Waals surface area contributed by atoms with Gasteiger partial charge in [-0.1, -0.05) is 43.0 Å². The van der Waals surface area contributed by atoms with Crippen molar-refractivity contribution in [3.05, 3.63) is 0 Å². The quantitative estimate of drug-likeness (QED) is 0.578. The molecule has 1 radical (unpaired) electrons. The van der Waals surface area contributed by atoms with Crippen LogP contribution in [-0.4, -0.2) is 10.9 Å². The number of unbranched alkanes of at least 4 members (excludes halogenated alkanes) is 1. The van der Waals surface area contributed by atoms with E-state index < -0.39 is 10.9 Å². The molecule has 0 atom stereocenters. The lowest BCUT2D eigenvalue weighted by Gasteiger charge is -2.13. The molecule has 0 aromatic rings. The summed E-state index contributed by atoms with van der Waals surface area (Å²) >= 11 is 11.1. The number of rotatable bonds is 4. The van der Waals surface area contributed by atoms with Crippen molar-refractivity contribution in [2.45, 2.75) is 30.5 Å². The topological polar surface area (TPSA) is 19.9 Å². The van der Waals surface area contributed by atoms with E-state index in [1.54, 1.807) is 0 Å². The van der Waals surface area contributed by atoms with Gasteiger partial charge < -0.3 is 0 Å². The maximum atomic E-state index is 10.2. The predicted molar refractivity (Wildman–Crippen MR) is 39.5 cm³/mol. The SMILES string of the molecule is CCCCC(Cl)(Cl)C[O]. The first-order valence-corrected chi connectivity index (χ1v) is 3.84. The summed E-state index contributed by atoms with van der Waals surface area (Å²) < 4.78 is -1.02. The van der Waals surface area contributed by atoms with Gasteiger partial charge in [0.15, 0.2) is 0 Å². The van der Waals surface area contributed by atoms with Crippen molar-refractivity contribution < 1.29 is 5.11 Å². The van der Waals surface area contributed by atoms with Crippen LogP contribution in [0.15, 0.2) is 0 Å². The Kier molecular flexibility index (Phi) is 4.63. The number of halogens is 2. The molecule has 0 aromatic carbocycles. The normalized spacial score (nSPS) is 12.0. The van der Waals surface area contributed by atoms with Crippen LogP contribution in [0.25, 0.3) is 0 Å². The Balaban J connectivity index is 3.33. The average molecular weight is 170 g/mol. The Bertz CT molecular complexity index is 73.5. The van der Waals surface area contributed by atoms with Gasteiger partial charge in [0.25, 0.3) is 0 Å². The van der Waals surface area contributed by atoms with Gasteiger partial charge in [-0.2, -0.15) is 0 Å². The van der Waals surface area contributed by atoms with Gasteiger partial charge in [-0.3, -0.25) is 0 Å². The van der Waals surface area contributed by atoms with Gasteiger partial charge in [-0.15, -0.1) is 0 Å². The first kappa shape index (κ1) is 9.54. The van der Waals surface area contributed by atoms with E-state index in [2.05, 4.69) is 0 Å². The average Bonchev–Trinajstić information content (AvgIpc) is 1.84. The van der Waals surface area contributed by atoms with Crippen molar-refractivity contribution in [1.29, 1.82) is 0 Å². The Morgan fingerprint density at radius 3 is 2.33 bits per heavy atom. The van der Waals surface area contributed by atoms with Gasteiger partial charge >= 0.3 is 0 Å². The maximum absolute atomic E-state index is 10.2. The molecular formula is C6H11Cl2O. The third kappa shape index (κ3) is 5.01. The molecule has 0 aliphatic heterocycles. The molecule has 0 aliphatic carbocycles. The highest BCUT2D eigenvalue weighted by molar-refractivity contribution is 6.48. The van der Waals surface area contributed by atoms with Crippen LogP contribution in [0.5, 0.6) is 0 Å². The fourth-order valence-corrected chi connectivity index (χ4v) is 0.775. The Labute approximate surface area is 66.0 Å². The van der Waals surface area contributed by atoms with Gasteiger partial charge in [-0.25, -0.2) is 5.11 Å². The molecule has 0 amide bonds. The van der Waals surface area contributed by atoms with Crippen LogP contribution in [0.3, 0.4) is 0 Å². The second-order valence-electron chi connectivity index (χ2n) is 2.10. The Morgan fingerprint density at radius 1 is 1.44 bits per heavy atom. The lowest BCUT2D eigenvalue weighted by molar-refractivity contribution is 0.178. The molecule has 0 bridgehead atoms. The standard InChI is InChI=1S/C6H11Cl2O/c1-2-3-4-6(7,8)5-9/h2-5H2,1H3. The molecule has 1 nitrogen and oxygen atoms in total. The molecule has 0 N–H and O–H groups in total. The summed E-state index contributed by atoms with van der Waals surface area (Å²) in [5, 5.41) is 10.2. The molecule has 55 valence electrons. The van der Waals surface area contributed by atoms with Crippen LogP contribution in [0.4, 0.5) is 0 Å². The fraction of sp³-hybridized carbons (Fsp3) is 1.00. The van der Waals surface area contributed by atoms with Crippen molar-refractivity contribution >= 4 is 23.2 Å². The van der Waals surface area contributed by atoms with E-state index in [0.717, 1.165) is 12.8 Å². The van der Waals surface area contributed by atoms with E-state index in [4.69, 9.17) is 23.2 Å². The van der Waals surface area contributed by atoms with Crippen molar-refractivity contribution in [2.75, 3.05) is 6.61 Å². The summed E-state index contributed by atoms with van der Waals surface area (Å²) in [6.45, 7) is 1.63. The van der Waals surface area contributed by atoms with E-state index in [0.29, 0.717) is 6.42 Å². The maximum Gasteiger partial charge on any atom is 0.144 e. The molecular weight excluding hydrogens is 159 g/mol. The minimum atomic E-state index is -1.02. The first-order valence-electron chi connectivity index (χ1n) is 3.08. The molecule has 0 saturated heterocycles. The zero-order valence-corrected chi connectivity index (χ0v) is 7.00. The van der Waals surface area contributed by atoms with E-state index in [-0.39, 0.29) is 0 Å². The summed E-state index contributed by atoms with van der Waals surface area (Å²) in [6, 6.07) is 0. The summed E-state index contributed by atoms with van der Waals surface area (Å²) in [6.07, 6.45) is 2.56. The molecule has 0 heterocycles. The fourth-order valence-electron chi connectivity index (χ4n) is 0.508. The highest BCUT2D eigenvalue weighted by Crippen LogP contribution is 2.26. The highest BCUT2D eigenvalue weighted by Gasteiger charge is 2.21. The zero-order valence-electron chi connectivity index (χ0n) is 5.49. The summed E-state index contributed by atoms with van der Waals surface area (Å²) in [4.78, 5) is 0. The second kappa shape index (κ2) is 4.37. The molecule has 0 aromatic heterocycles. The molecule has 3 heteroatoms. The van der Waals surface area contributed by atoms with E-state index in [1.165, 1.54) is 0 Å². The van der Waals surface area contributed by atoms with E-state index in [1.807, 2.05) is 6.92 Å². The molecule has 0 spiro atoms. The van der Waals surface area contributed by atoms with E-state index in [9.17, 15) is 5.11 Å². The van der Waals surface area contributed by atoms with E-state index >= 15 is 0 Å². The van der Waals surface area contributed by atoms with Crippen LogP contribution in [-0.2, 0) is 5.11 Å². The number of hydrogen-bond acceptors (Lipinski definition) is 0. The van der Waals surface area contributed by atoms with Gasteiger partial charge in [0.1, 0.15) is 10.9 Å². The minimum Gasteiger partial charge on any atom is -0.233 e. The third-order valence-electron chi connectivity index (χ3n) is 1.11. The molecule has 0 unspecified atom stereocenters. The van der Waals surface area contributed by atoms with Gasteiger partial charge in [0.2, 0.25) is 0 Å². The molecule has 0 saturated carbocycles. The van der Waals surface area contributed by atoms with Crippen molar-refractivity contribution in [3.8, 4) is 0 Å². The van der Waals surface area contributed by atoms with Crippen molar-refractivity contribution in [3.63, 3.8) is 0 Å². The van der Waals surface area contributed by atoms with Crippen LogP contribution in [0.1, 0.15) is 26.2 Å². The van der Waals surface area contributed by atoms with Gasteiger partial charge in [0, 0.05) is 0 Å². The summed E-state index contributed by atoms with van der Waals surface area (Å²) in [5.74, 6) is 0. The highest BCUT2D eigenvalue weighted by atomic mass is 35.5. The Hall–Kier alpha value is 0.540. The summed E-state index contributed by atoms with van der Waals surface area (Å²) in [5.41, 5.74) is 0. The Morgan fingerprint density at radius 2 is 2.00 bits per heavy atom. The first-order chi connectivity index (χ1) is 4.12. The third-order valence-corrected chi connectivity index (χ3v) is 1.70. The van der Waals surface area contributed by atoms with Crippen LogP contribution < -0.4 is 0 Å². The lowest BCUT2D eigenvalue weighted by Crippen LogP contribution is -2.16. The molecule has 0 aliphatic rings. The summed E-state index contributed by atoms with van der Waals surface area (Å²) in [7, 11) is 0. The molecule has 0 rings (SSSR count). The monoisotopic (exact) mass is 169 g/mol.